The molecule has 1 aliphatic rings. The second-order valence-corrected chi connectivity index (χ2v) is 5.97. The second kappa shape index (κ2) is 6.14. The average Bonchev–Trinajstić information content (AvgIpc) is 2.98. The van der Waals surface area contributed by atoms with Gasteiger partial charge in [0, 0.05) is 12.5 Å². The number of hydrogen-bond acceptors (Lipinski definition) is 4. The molecule has 3 rings (SSSR count). The van der Waals surface area contributed by atoms with Crippen LogP contribution < -0.4 is 4.74 Å². The Morgan fingerprint density at radius 3 is 2.52 bits per heavy atom. The lowest BCUT2D eigenvalue weighted by Crippen LogP contribution is -2.01. The van der Waals surface area contributed by atoms with Crippen molar-refractivity contribution >= 4 is 22.8 Å². The molecule has 21 heavy (non-hydrogen) atoms. The molecule has 0 spiro atoms. The van der Waals surface area contributed by atoms with Gasteiger partial charge in [-0.25, -0.2) is 0 Å². The number of ether oxygens (including phenoxy) is 1. The van der Waals surface area contributed by atoms with Crippen molar-refractivity contribution < 1.29 is 9.53 Å². The molecule has 0 fully saturated rings. The van der Waals surface area contributed by atoms with Crippen molar-refractivity contribution in [2.24, 2.45) is 4.99 Å². The third-order valence-corrected chi connectivity index (χ3v) is 4.48. The van der Waals surface area contributed by atoms with Crippen molar-refractivity contribution in [1.82, 2.24) is 0 Å². The Bertz CT molecular complexity index is 665. The molecular formula is C17H15NO2S. The molecule has 0 saturated carbocycles. The maximum Gasteiger partial charge on any atom is 0.308 e. The maximum absolute atomic E-state index is 10.9. The van der Waals surface area contributed by atoms with Crippen molar-refractivity contribution in [1.29, 1.82) is 0 Å². The van der Waals surface area contributed by atoms with Gasteiger partial charge in [0.1, 0.15) is 5.75 Å². The minimum absolute atomic E-state index is 0.298. The van der Waals surface area contributed by atoms with Crippen LogP contribution in [0.2, 0.25) is 0 Å². The zero-order chi connectivity index (χ0) is 14.7. The first-order chi connectivity index (χ1) is 10.2. The molecule has 0 aliphatic carbocycles. The Morgan fingerprint density at radius 1 is 1.14 bits per heavy atom. The molecule has 1 unspecified atom stereocenters. The number of aliphatic imine (C=N–C) groups is 1. The number of hydrogen-bond donors (Lipinski definition) is 0. The Morgan fingerprint density at radius 2 is 1.86 bits per heavy atom. The number of esters is 1. The SMILES string of the molecule is CC(=O)Oc1ccc(C2CN=C(c3ccccc3)S2)cc1. The van der Waals surface area contributed by atoms with Crippen LogP contribution in [-0.2, 0) is 4.79 Å². The molecule has 0 bridgehead atoms. The van der Waals surface area contributed by atoms with Gasteiger partial charge < -0.3 is 4.74 Å². The van der Waals surface area contributed by atoms with E-state index in [9.17, 15) is 4.79 Å². The fourth-order valence-corrected chi connectivity index (χ4v) is 3.34. The molecule has 1 aliphatic heterocycles. The normalized spacial score (nSPS) is 17.4. The van der Waals surface area contributed by atoms with E-state index in [0.29, 0.717) is 11.0 Å². The standard InChI is InChI=1S/C17H15NO2S/c1-12(19)20-15-9-7-13(8-10-15)16-11-18-17(21-16)14-5-3-2-4-6-14/h2-10,16H,11H2,1H3. The first-order valence-electron chi connectivity index (χ1n) is 6.77. The van der Waals surface area contributed by atoms with Crippen LogP contribution in [0.15, 0.2) is 59.6 Å². The predicted molar refractivity (Wildman–Crippen MR) is 85.9 cm³/mol. The molecule has 106 valence electrons. The van der Waals surface area contributed by atoms with Crippen LogP contribution in [0.1, 0.15) is 23.3 Å². The van der Waals surface area contributed by atoms with E-state index < -0.39 is 0 Å². The fraction of sp³-hybridized carbons (Fsp3) is 0.176. The lowest BCUT2D eigenvalue weighted by atomic mass is 10.1. The van der Waals surface area contributed by atoms with E-state index in [-0.39, 0.29) is 5.97 Å². The summed E-state index contributed by atoms with van der Waals surface area (Å²) in [5.41, 5.74) is 2.37. The minimum atomic E-state index is -0.298. The monoisotopic (exact) mass is 297 g/mol. The van der Waals surface area contributed by atoms with Gasteiger partial charge in [-0.05, 0) is 17.7 Å². The summed E-state index contributed by atoms with van der Waals surface area (Å²) in [7, 11) is 0. The van der Waals surface area contributed by atoms with Gasteiger partial charge in [-0.3, -0.25) is 9.79 Å². The van der Waals surface area contributed by atoms with Crippen LogP contribution in [0.3, 0.4) is 0 Å². The highest BCUT2D eigenvalue weighted by Gasteiger charge is 2.22. The summed E-state index contributed by atoms with van der Waals surface area (Å²) in [6.07, 6.45) is 0. The average molecular weight is 297 g/mol. The van der Waals surface area contributed by atoms with Crippen LogP contribution in [0.25, 0.3) is 0 Å². The number of rotatable bonds is 3. The summed E-state index contributed by atoms with van der Waals surface area (Å²) in [6.45, 7) is 2.18. The topological polar surface area (TPSA) is 38.7 Å². The van der Waals surface area contributed by atoms with E-state index in [4.69, 9.17) is 4.74 Å². The van der Waals surface area contributed by atoms with E-state index in [1.165, 1.54) is 18.1 Å². The number of thioether (sulfide) groups is 1. The summed E-state index contributed by atoms with van der Waals surface area (Å²) in [5, 5.41) is 1.41. The summed E-state index contributed by atoms with van der Waals surface area (Å²) < 4.78 is 5.05. The third-order valence-electron chi connectivity index (χ3n) is 3.19. The fourth-order valence-electron chi connectivity index (χ4n) is 2.21. The van der Waals surface area contributed by atoms with Crippen molar-refractivity contribution in [3.8, 4) is 5.75 Å². The van der Waals surface area contributed by atoms with Crippen molar-refractivity contribution in [3.63, 3.8) is 0 Å². The van der Waals surface area contributed by atoms with E-state index in [2.05, 4.69) is 17.1 Å². The number of carbonyl (C=O) groups excluding carboxylic acids is 1. The van der Waals surface area contributed by atoms with Gasteiger partial charge in [-0.1, -0.05) is 54.2 Å². The smallest absolute Gasteiger partial charge is 0.308 e. The lowest BCUT2D eigenvalue weighted by Gasteiger charge is -2.09. The van der Waals surface area contributed by atoms with Crippen molar-refractivity contribution in [3.05, 3.63) is 65.7 Å². The largest absolute Gasteiger partial charge is 0.427 e. The molecular weight excluding hydrogens is 282 g/mol. The second-order valence-electron chi connectivity index (χ2n) is 4.78. The molecule has 1 atom stereocenters. The summed E-state index contributed by atoms with van der Waals surface area (Å²) in [5.74, 6) is 0.283. The Labute approximate surface area is 128 Å². The van der Waals surface area contributed by atoms with Crippen LogP contribution >= 0.6 is 11.8 Å². The van der Waals surface area contributed by atoms with E-state index in [1.54, 1.807) is 11.8 Å². The predicted octanol–water partition coefficient (Wildman–Crippen LogP) is 3.85. The Balaban J connectivity index is 1.69. The molecule has 0 N–H and O–H groups in total. The van der Waals surface area contributed by atoms with Crippen molar-refractivity contribution in [2.45, 2.75) is 12.2 Å². The van der Waals surface area contributed by atoms with Gasteiger partial charge in [0.15, 0.2) is 0 Å². The molecule has 0 aromatic heterocycles. The molecule has 2 aromatic rings. The van der Waals surface area contributed by atoms with Crippen LogP contribution in [0.4, 0.5) is 0 Å². The lowest BCUT2D eigenvalue weighted by molar-refractivity contribution is -0.131. The highest BCUT2D eigenvalue weighted by Crippen LogP contribution is 2.37. The first-order valence-corrected chi connectivity index (χ1v) is 7.65. The van der Waals surface area contributed by atoms with Crippen LogP contribution in [0, 0.1) is 0 Å². The third kappa shape index (κ3) is 3.34. The number of nitrogens with zero attached hydrogens (tertiary/aromatic N) is 1. The summed E-state index contributed by atoms with van der Waals surface area (Å²) in [4.78, 5) is 15.5. The van der Waals surface area contributed by atoms with Crippen molar-refractivity contribution in [2.75, 3.05) is 6.54 Å². The van der Waals surface area contributed by atoms with Crippen LogP contribution in [-0.4, -0.2) is 17.6 Å². The molecule has 0 radical (unpaired) electrons. The summed E-state index contributed by atoms with van der Waals surface area (Å²) >= 11 is 1.78. The Hall–Kier alpha value is -2.07. The zero-order valence-corrected chi connectivity index (χ0v) is 12.5. The van der Waals surface area contributed by atoms with Gasteiger partial charge >= 0.3 is 5.97 Å². The quantitative estimate of drug-likeness (QED) is 0.638. The Kier molecular flexibility index (Phi) is 4.06. The zero-order valence-electron chi connectivity index (χ0n) is 11.7. The highest BCUT2D eigenvalue weighted by atomic mass is 32.2. The van der Waals surface area contributed by atoms with Gasteiger partial charge in [-0.2, -0.15) is 0 Å². The first kappa shape index (κ1) is 13.9. The van der Waals surface area contributed by atoms with Gasteiger partial charge in [-0.15, -0.1) is 0 Å². The minimum Gasteiger partial charge on any atom is -0.427 e. The van der Waals surface area contributed by atoms with E-state index in [0.717, 1.165) is 11.6 Å². The highest BCUT2D eigenvalue weighted by molar-refractivity contribution is 8.14. The van der Waals surface area contributed by atoms with Gasteiger partial charge in [0.05, 0.1) is 16.8 Å². The maximum atomic E-state index is 10.9. The molecule has 3 nitrogen and oxygen atoms in total. The molecule has 2 aromatic carbocycles. The van der Waals surface area contributed by atoms with Gasteiger partial charge in [0.25, 0.3) is 0 Å². The van der Waals surface area contributed by atoms with E-state index >= 15 is 0 Å². The molecule has 0 amide bonds. The summed E-state index contributed by atoms with van der Waals surface area (Å²) in [6, 6.07) is 17.9. The molecule has 0 saturated heterocycles. The number of carbonyl (C=O) groups is 1. The number of benzene rings is 2. The molecule has 1 heterocycles. The van der Waals surface area contributed by atoms with Crippen LogP contribution in [0.5, 0.6) is 5.75 Å². The van der Waals surface area contributed by atoms with Gasteiger partial charge in [0.2, 0.25) is 0 Å². The van der Waals surface area contributed by atoms with E-state index in [1.807, 2.05) is 42.5 Å². The molecule has 4 heteroatoms.